The smallest absolute Gasteiger partial charge is 0.140 e. The second kappa shape index (κ2) is 5.33. The van der Waals surface area contributed by atoms with Crippen molar-refractivity contribution in [2.45, 2.75) is 17.3 Å². The molecule has 0 spiro atoms. The highest BCUT2D eigenvalue weighted by atomic mass is 32.2. The zero-order chi connectivity index (χ0) is 12.3. The van der Waals surface area contributed by atoms with Crippen molar-refractivity contribution in [2.24, 2.45) is 0 Å². The summed E-state index contributed by atoms with van der Waals surface area (Å²) in [4.78, 5) is -0.0569. The summed E-state index contributed by atoms with van der Waals surface area (Å²) in [5.74, 6) is -0.310. The molecule has 0 radical (unpaired) electrons. The molecule has 0 bridgehead atoms. The van der Waals surface area contributed by atoms with Gasteiger partial charge in [-0.25, -0.2) is 8.78 Å². The molecule has 0 fully saturated rings. The summed E-state index contributed by atoms with van der Waals surface area (Å²) in [5.41, 5.74) is 0.224. The summed E-state index contributed by atoms with van der Waals surface area (Å²) in [7, 11) is 0. The van der Waals surface area contributed by atoms with E-state index in [9.17, 15) is 8.78 Å². The Hall–Kier alpha value is -1.33. The van der Waals surface area contributed by atoms with Gasteiger partial charge in [-0.05, 0) is 29.8 Å². The summed E-state index contributed by atoms with van der Waals surface area (Å²) in [6, 6.07) is 5.73. The van der Waals surface area contributed by atoms with Gasteiger partial charge >= 0.3 is 0 Å². The third kappa shape index (κ3) is 2.87. The molecule has 5 heteroatoms. The Balaban J connectivity index is 2.15. The lowest BCUT2D eigenvalue weighted by Gasteiger charge is -2.05. The number of aliphatic hydroxyl groups excluding tert-OH is 1. The average molecular weight is 256 g/mol. The lowest BCUT2D eigenvalue weighted by Crippen LogP contribution is -1.93. The lowest BCUT2D eigenvalue weighted by atomic mass is 10.2. The molecule has 1 N–H and O–H groups in total. The van der Waals surface area contributed by atoms with Crippen LogP contribution in [0.1, 0.15) is 11.3 Å². The third-order valence-corrected chi connectivity index (χ3v) is 3.29. The van der Waals surface area contributed by atoms with E-state index in [-0.39, 0.29) is 17.1 Å². The van der Waals surface area contributed by atoms with Crippen LogP contribution in [0.3, 0.4) is 0 Å². The summed E-state index contributed by atoms with van der Waals surface area (Å²) in [6.07, 6.45) is 1.51. The van der Waals surface area contributed by atoms with Crippen LogP contribution in [0.15, 0.2) is 39.8 Å². The molecular formula is C12H10F2O2S. The quantitative estimate of drug-likeness (QED) is 0.852. The molecule has 2 rings (SSSR count). The van der Waals surface area contributed by atoms with Crippen molar-refractivity contribution < 1.29 is 18.3 Å². The third-order valence-electron chi connectivity index (χ3n) is 2.18. The van der Waals surface area contributed by atoms with Crippen molar-refractivity contribution in [3.63, 3.8) is 0 Å². The van der Waals surface area contributed by atoms with E-state index in [1.165, 1.54) is 6.26 Å². The van der Waals surface area contributed by atoms with Gasteiger partial charge in [0.1, 0.15) is 17.4 Å². The number of halogens is 2. The zero-order valence-corrected chi connectivity index (χ0v) is 9.64. The fraction of sp³-hybridized carbons (Fsp3) is 0.167. The Morgan fingerprint density at radius 1 is 1.24 bits per heavy atom. The first-order chi connectivity index (χ1) is 8.20. The van der Waals surface area contributed by atoms with Gasteiger partial charge in [0.25, 0.3) is 0 Å². The van der Waals surface area contributed by atoms with Crippen LogP contribution in [-0.4, -0.2) is 5.11 Å². The van der Waals surface area contributed by atoms with E-state index in [1.807, 2.05) is 0 Å². The summed E-state index contributed by atoms with van der Waals surface area (Å²) >= 11 is 1.03. The highest BCUT2D eigenvalue weighted by Crippen LogP contribution is 2.29. The van der Waals surface area contributed by atoms with Crippen molar-refractivity contribution in [1.82, 2.24) is 0 Å². The van der Waals surface area contributed by atoms with E-state index >= 15 is 0 Å². The van der Waals surface area contributed by atoms with E-state index in [0.29, 0.717) is 11.5 Å². The van der Waals surface area contributed by atoms with Gasteiger partial charge in [-0.2, -0.15) is 0 Å². The van der Waals surface area contributed by atoms with Crippen LogP contribution in [0.2, 0.25) is 0 Å². The number of furan rings is 1. The molecule has 1 aromatic carbocycles. The van der Waals surface area contributed by atoms with Gasteiger partial charge in [-0.3, -0.25) is 0 Å². The lowest BCUT2D eigenvalue weighted by molar-refractivity contribution is 0.280. The van der Waals surface area contributed by atoms with Gasteiger partial charge in [0.05, 0.1) is 23.5 Å². The van der Waals surface area contributed by atoms with Crippen molar-refractivity contribution in [3.8, 4) is 0 Å². The average Bonchev–Trinajstić information content (AvgIpc) is 2.80. The Labute approximate surface area is 101 Å². The number of aliphatic hydroxyl groups is 1. The van der Waals surface area contributed by atoms with E-state index in [4.69, 9.17) is 9.52 Å². The van der Waals surface area contributed by atoms with Crippen LogP contribution < -0.4 is 0 Å². The molecular weight excluding hydrogens is 246 g/mol. The maximum absolute atomic E-state index is 13.5. The normalized spacial score (nSPS) is 10.8. The molecule has 0 aliphatic carbocycles. The summed E-state index contributed by atoms with van der Waals surface area (Å²) in [6.45, 7) is -0.378. The molecule has 1 aromatic heterocycles. The second-order valence-electron chi connectivity index (χ2n) is 3.41. The molecule has 2 nitrogen and oxygen atoms in total. The summed E-state index contributed by atoms with van der Waals surface area (Å²) < 4.78 is 32.1. The van der Waals surface area contributed by atoms with Gasteiger partial charge in [0.2, 0.25) is 0 Å². The predicted octanol–water partition coefficient (Wildman–Crippen LogP) is 3.34. The molecule has 17 heavy (non-hydrogen) atoms. The predicted molar refractivity (Wildman–Crippen MR) is 60.5 cm³/mol. The van der Waals surface area contributed by atoms with Gasteiger partial charge in [-0.15, -0.1) is 11.8 Å². The number of thioether (sulfide) groups is 1. The molecule has 0 aliphatic heterocycles. The van der Waals surface area contributed by atoms with Gasteiger partial charge in [0.15, 0.2) is 0 Å². The van der Waals surface area contributed by atoms with E-state index < -0.39 is 11.6 Å². The second-order valence-corrected chi connectivity index (χ2v) is 4.40. The Morgan fingerprint density at radius 2 is 1.94 bits per heavy atom. The van der Waals surface area contributed by atoms with Crippen LogP contribution in [0.5, 0.6) is 0 Å². The van der Waals surface area contributed by atoms with Crippen molar-refractivity contribution in [2.75, 3.05) is 0 Å². The molecule has 0 aliphatic rings. The topological polar surface area (TPSA) is 33.4 Å². The van der Waals surface area contributed by atoms with Gasteiger partial charge < -0.3 is 9.52 Å². The largest absolute Gasteiger partial charge is 0.468 e. The first-order valence-electron chi connectivity index (χ1n) is 4.94. The van der Waals surface area contributed by atoms with Crippen LogP contribution >= 0.6 is 11.8 Å². The van der Waals surface area contributed by atoms with E-state index in [1.54, 1.807) is 12.1 Å². The van der Waals surface area contributed by atoms with Crippen LogP contribution in [-0.2, 0) is 12.4 Å². The molecule has 0 amide bonds. The SMILES string of the molecule is OCc1cc(F)c(SCc2ccco2)c(F)c1. The fourth-order valence-corrected chi connectivity index (χ4v) is 2.22. The zero-order valence-electron chi connectivity index (χ0n) is 8.82. The standard InChI is InChI=1S/C12H10F2O2S/c13-10-4-8(6-15)5-11(14)12(10)17-7-9-2-1-3-16-9/h1-5,15H,6-7H2. The minimum absolute atomic E-state index is 0.0569. The number of hydrogen-bond donors (Lipinski definition) is 1. The maximum Gasteiger partial charge on any atom is 0.140 e. The minimum Gasteiger partial charge on any atom is -0.468 e. The molecule has 1 heterocycles. The highest BCUT2D eigenvalue weighted by molar-refractivity contribution is 7.98. The Bertz CT molecular complexity index is 474. The highest BCUT2D eigenvalue weighted by Gasteiger charge is 2.12. The number of hydrogen-bond acceptors (Lipinski definition) is 3. The molecule has 2 aromatic rings. The van der Waals surface area contributed by atoms with E-state index in [0.717, 1.165) is 23.9 Å². The number of benzene rings is 1. The van der Waals surface area contributed by atoms with Gasteiger partial charge in [0, 0.05) is 0 Å². The fourth-order valence-electron chi connectivity index (χ4n) is 1.38. The van der Waals surface area contributed by atoms with Crippen molar-refractivity contribution >= 4 is 11.8 Å². The van der Waals surface area contributed by atoms with Crippen molar-refractivity contribution in [1.29, 1.82) is 0 Å². The van der Waals surface area contributed by atoms with Crippen LogP contribution in [0, 0.1) is 11.6 Å². The molecule has 0 unspecified atom stereocenters. The first-order valence-corrected chi connectivity index (χ1v) is 5.93. The monoisotopic (exact) mass is 256 g/mol. The van der Waals surface area contributed by atoms with Crippen molar-refractivity contribution in [3.05, 3.63) is 53.5 Å². The minimum atomic E-state index is -0.661. The maximum atomic E-state index is 13.5. The molecule has 0 saturated carbocycles. The molecule has 0 atom stereocenters. The van der Waals surface area contributed by atoms with Crippen LogP contribution in [0.4, 0.5) is 8.78 Å². The molecule has 0 saturated heterocycles. The van der Waals surface area contributed by atoms with Crippen LogP contribution in [0.25, 0.3) is 0 Å². The van der Waals surface area contributed by atoms with Gasteiger partial charge in [-0.1, -0.05) is 0 Å². The molecule has 90 valence electrons. The first kappa shape index (κ1) is 12.1. The van der Waals surface area contributed by atoms with E-state index in [2.05, 4.69) is 0 Å². The summed E-state index contributed by atoms with van der Waals surface area (Å²) in [5, 5.41) is 8.80. The number of rotatable bonds is 4. The Morgan fingerprint density at radius 3 is 2.47 bits per heavy atom. The Kier molecular flexibility index (Phi) is 3.81.